The number of amides is 2. The van der Waals surface area contributed by atoms with Crippen molar-refractivity contribution in [2.24, 2.45) is 0 Å². The molecule has 1 aromatic carbocycles. The van der Waals surface area contributed by atoms with Crippen LogP contribution in [-0.4, -0.2) is 45.2 Å². The van der Waals surface area contributed by atoms with Gasteiger partial charge in [0.1, 0.15) is 12.1 Å². The first-order valence-corrected chi connectivity index (χ1v) is 8.74. The molecule has 5 rings (SSSR count). The van der Waals surface area contributed by atoms with Crippen molar-refractivity contribution in [3.05, 3.63) is 35.5 Å². The molecule has 3 aliphatic rings. The SMILES string of the molecule is CC1(C)c2[nH]c3ccccc3c2C[C@H]2C(=O)N3CCC[C@H]3C(=O)N21. The first-order chi connectivity index (χ1) is 11.5. The summed E-state index contributed by atoms with van der Waals surface area (Å²) in [6.45, 7) is 4.84. The second-order valence-corrected chi connectivity index (χ2v) is 7.70. The summed E-state index contributed by atoms with van der Waals surface area (Å²) in [6, 6.07) is 7.58. The van der Waals surface area contributed by atoms with Crippen LogP contribution >= 0.6 is 0 Å². The van der Waals surface area contributed by atoms with E-state index < -0.39 is 5.54 Å². The van der Waals surface area contributed by atoms with E-state index in [0.717, 1.165) is 30.6 Å². The summed E-state index contributed by atoms with van der Waals surface area (Å²) in [6.07, 6.45) is 2.33. The summed E-state index contributed by atoms with van der Waals surface area (Å²) in [5.74, 6) is 0.243. The van der Waals surface area contributed by atoms with Gasteiger partial charge in [-0.2, -0.15) is 0 Å². The van der Waals surface area contributed by atoms with Gasteiger partial charge in [0.25, 0.3) is 0 Å². The van der Waals surface area contributed by atoms with Gasteiger partial charge >= 0.3 is 0 Å². The van der Waals surface area contributed by atoms with Crippen LogP contribution < -0.4 is 0 Å². The predicted molar refractivity (Wildman–Crippen MR) is 90.4 cm³/mol. The Morgan fingerprint density at radius 2 is 1.92 bits per heavy atom. The normalized spacial score (nSPS) is 28.1. The van der Waals surface area contributed by atoms with Gasteiger partial charge in [-0.1, -0.05) is 18.2 Å². The molecule has 0 aliphatic carbocycles. The van der Waals surface area contributed by atoms with Gasteiger partial charge in [-0.3, -0.25) is 9.59 Å². The number of fused-ring (bicyclic) bond motifs is 5. The molecule has 0 unspecified atom stereocenters. The first kappa shape index (κ1) is 14.1. The number of H-pyrrole nitrogens is 1. The van der Waals surface area contributed by atoms with Crippen LogP contribution in [0, 0.1) is 0 Å². The number of hydrogen-bond donors (Lipinski definition) is 1. The van der Waals surface area contributed by atoms with Gasteiger partial charge in [0, 0.05) is 29.6 Å². The van der Waals surface area contributed by atoms with Crippen LogP contribution in [0.15, 0.2) is 24.3 Å². The molecule has 2 fully saturated rings. The Bertz CT molecular complexity index is 882. The fourth-order valence-corrected chi connectivity index (χ4v) is 4.99. The van der Waals surface area contributed by atoms with Gasteiger partial charge in [0.05, 0.1) is 5.54 Å². The Balaban J connectivity index is 1.72. The first-order valence-electron chi connectivity index (χ1n) is 8.74. The number of nitrogens with zero attached hydrogens (tertiary/aromatic N) is 2. The summed E-state index contributed by atoms with van der Waals surface area (Å²) in [5, 5.41) is 1.17. The van der Waals surface area contributed by atoms with E-state index in [0.29, 0.717) is 6.42 Å². The number of carbonyl (C=O) groups excluding carboxylic acids is 2. The maximum Gasteiger partial charge on any atom is 0.246 e. The van der Waals surface area contributed by atoms with E-state index in [-0.39, 0.29) is 23.9 Å². The molecule has 0 bridgehead atoms. The minimum atomic E-state index is -0.501. The fraction of sp³-hybridized carbons (Fsp3) is 0.474. The third-order valence-corrected chi connectivity index (χ3v) is 6.08. The van der Waals surface area contributed by atoms with Gasteiger partial charge < -0.3 is 14.8 Å². The highest BCUT2D eigenvalue weighted by Gasteiger charge is 2.55. The molecule has 0 saturated carbocycles. The van der Waals surface area contributed by atoms with E-state index in [1.54, 1.807) is 0 Å². The number of nitrogens with one attached hydrogen (secondary N) is 1. The summed E-state index contributed by atoms with van der Waals surface area (Å²) in [4.78, 5) is 33.4. The second kappa shape index (κ2) is 4.41. The van der Waals surface area contributed by atoms with Crippen molar-refractivity contribution in [3.8, 4) is 0 Å². The van der Waals surface area contributed by atoms with Crippen LogP contribution in [0.3, 0.4) is 0 Å². The van der Waals surface area contributed by atoms with E-state index >= 15 is 0 Å². The van der Waals surface area contributed by atoms with Gasteiger partial charge in [-0.05, 0) is 38.3 Å². The Morgan fingerprint density at radius 1 is 1.12 bits per heavy atom. The van der Waals surface area contributed by atoms with Crippen LogP contribution in [-0.2, 0) is 21.5 Å². The predicted octanol–water partition coefficient (Wildman–Crippen LogP) is 2.16. The standard InChI is InChI=1S/C19H21N3O2/c1-19(2)16-12(11-6-3-4-7-13(11)20-16)10-15-17(23)21-9-5-8-14(21)18(24)22(15)19/h3-4,6-7,14-15,20H,5,8-10H2,1-2H3/t14-,15-/m0/s1. The highest BCUT2D eigenvalue weighted by molar-refractivity contribution is 5.99. The van der Waals surface area contributed by atoms with Crippen molar-refractivity contribution < 1.29 is 9.59 Å². The number of aromatic nitrogens is 1. The van der Waals surface area contributed by atoms with Crippen molar-refractivity contribution in [1.29, 1.82) is 0 Å². The minimum absolute atomic E-state index is 0.117. The molecule has 24 heavy (non-hydrogen) atoms. The van der Waals surface area contributed by atoms with Gasteiger partial charge in [-0.25, -0.2) is 0 Å². The van der Waals surface area contributed by atoms with Gasteiger partial charge in [0.15, 0.2) is 0 Å². The average Bonchev–Trinajstić information content (AvgIpc) is 3.17. The number of aromatic amines is 1. The summed E-state index contributed by atoms with van der Waals surface area (Å²) < 4.78 is 0. The lowest BCUT2D eigenvalue weighted by Gasteiger charge is -2.52. The lowest BCUT2D eigenvalue weighted by Crippen LogP contribution is -2.69. The number of piperazine rings is 1. The summed E-state index contributed by atoms with van der Waals surface area (Å²) in [7, 11) is 0. The van der Waals surface area contributed by atoms with Crippen molar-refractivity contribution in [2.45, 2.75) is 50.7 Å². The molecule has 5 nitrogen and oxygen atoms in total. The number of benzene rings is 1. The Labute approximate surface area is 140 Å². The van der Waals surface area contributed by atoms with E-state index in [2.05, 4.69) is 31.0 Å². The third-order valence-electron chi connectivity index (χ3n) is 6.08. The minimum Gasteiger partial charge on any atom is -0.356 e. The second-order valence-electron chi connectivity index (χ2n) is 7.70. The zero-order valence-corrected chi connectivity index (χ0v) is 14.0. The maximum atomic E-state index is 13.1. The highest BCUT2D eigenvalue weighted by atomic mass is 16.2. The van der Waals surface area contributed by atoms with Gasteiger partial charge in [-0.15, -0.1) is 0 Å². The van der Waals surface area contributed by atoms with Crippen LogP contribution in [0.4, 0.5) is 0 Å². The Hall–Kier alpha value is -2.30. The monoisotopic (exact) mass is 323 g/mol. The molecular weight excluding hydrogens is 302 g/mol. The molecule has 2 aromatic rings. The van der Waals surface area contributed by atoms with Gasteiger partial charge in [0.2, 0.25) is 11.8 Å². The molecule has 124 valence electrons. The Kier molecular flexibility index (Phi) is 2.58. The molecule has 2 atom stereocenters. The van der Waals surface area contributed by atoms with Crippen molar-refractivity contribution in [2.75, 3.05) is 6.54 Å². The van der Waals surface area contributed by atoms with E-state index in [4.69, 9.17) is 0 Å². The number of carbonyl (C=O) groups is 2. The van der Waals surface area contributed by atoms with Crippen LogP contribution in [0.5, 0.6) is 0 Å². The number of hydrogen-bond acceptors (Lipinski definition) is 2. The summed E-state index contributed by atoms with van der Waals surface area (Å²) in [5.41, 5.74) is 2.85. The topological polar surface area (TPSA) is 56.4 Å². The zero-order valence-electron chi connectivity index (χ0n) is 14.0. The molecule has 0 radical (unpaired) electrons. The molecule has 2 amide bonds. The molecule has 3 aliphatic heterocycles. The van der Waals surface area contributed by atoms with E-state index in [1.165, 1.54) is 10.9 Å². The molecule has 5 heteroatoms. The van der Waals surface area contributed by atoms with E-state index in [9.17, 15) is 9.59 Å². The molecule has 1 N–H and O–H groups in total. The largest absolute Gasteiger partial charge is 0.356 e. The smallest absolute Gasteiger partial charge is 0.246 e. The molecular formula is C19H21N3O2. The van der Waals surface area contributed by atoms with Crippen molar-refractivity contribution in [1.82, 2.24) is 14.8 Å². The van der Waals surface area contributed by atoms with Crippen molar-refractivity contribution in [3.63, 3.8) is 0 Å². The summed E-state index contributed by atoms with van der Waals surface area (Å²) >= 11 is 0. The third kappa shape index (κ3) is 1.55. The fourth-order valence-electron chi connectivity index (χ4n) is 4.99. The molecule has 2 saturated heterocycles. The quantitative estimate of drug-likeness (QED) is 0.808. The molecule has 1 aromatic heterocycles. The van der Waals surface area contributed by atoms with Crippen LogP contribution in [0.25, 0.3) is 10.9 Å². The number of para-hydroxylation sites is 1. The lowest BCUT2D eigenvalue weighted by molar-refractivity contribution is -0.167. The average molecular weight is 323 g/mol. The number of rotatable bonds is 0. The van der Waals surface area contributed by atoms with E-state index in [1.807, 2.05) is 21.9 Å². The lowest BCUT2D eigenvalue weighted by atomic mass is 9.81. The van der Waals surface area contributed by atoms with Crippen molar-refractivity contribution >= 4 is 22.7 Å². The van der Waals surface area contributed by atoms with Crippen LogP contribution in [0.1, 0.15) is 37.9 Å². The molecule has 4 heterocycles. The maximum absolute atomic E-state index is 13.1. The van der Waals surface area contributed by atoms with Crippen LogP contribution in [0.2, 0.25) is 0 Å². The molecule has 0 spiro atoms. The highest BCUT2D eigenvalue weighted by Crippen LogP contribution is 2.44. The Morgan fingerprint density at radius 3 is 2.75 bits per heavy atom. The zero-order chi connectivity index (χ0) is 16.6.